The number of hydrogen-bond acceptors (Lipinski definition) is 4. The Morgan fingerprint density at radius 1 is 1.45 bits per heavy atom. The lowest BCUT2D eigenvalue weighted by atomic mass is 10.7. The van der Waals surface area contributed by atoms with E-state index in [0.29, 0.717) is 6.61 Å². The number of ether oxygens (including phenoxy) is 1. The summed E-state index contributed by atoms with van der Waals surface area (Å²) in [4.78, 5) is 0. The standard InChI is InChI=1S/C6H13O4P/c1-4-5-10-6-11(7,8-2)9-3/h4H,1,5-6H2,2-3H3. The van der Waals surface area contributed by atoms with E-state index >= 15 is 0 Å². The second-order valence-electron chi connectivity index (χ2n) is 1.76. The van der Waals surface area contributed by atoms with Crippen LogP contribution in [0.5, 0.6) is 0 Å². The maximum atomic E-state index is 11.2. The third kappa shape index (κ3) is 4.32. The van der Waals surface area contributed by atoms with Crippen LogP contribution in [0.4, 0.5) is 0 Å². The van der Waals surface area contributed by atoms with Gasteiger partial charge in [-0.2, -0.15) is 0 Å². The van der Waals surface area contributed by atoms with Crippen LogP contribution in [0.25, 0.3) is 0 Å². The molecular weight excluding hydrogens is 167 g/mol. The molecule has 0 aromatic heterocycles. The molecule has 0 atom stereocenters. The third-order valence-corrected chi connectivity index (χ3v) is 2.65. The summed E-state index contributed by atoms with van der Waals surface area (Å²) in [6.07, 6.45) is 1.53. The van der Waals surface area contributed by atoms with E-state index < -0.39 is 7.60 Å². The van der Waals surface area contributed by atoms with Crippen molar-refractivity contribution in [3.63, 3.8) is 0 Å². The molecule has 0 radical (unpaired) electrons. The maximum Gasteiger partial charge on any atom is 0.355 e. The molecule has 0 rings (SSSR count). The molecule has 5 heteroatoms. The van der Waals surface area contributed by atoms with Crippen molar-refractivity contribution >= 4 is 7.60 Å². The fourth-order valence-electron chi connectivity index (χ4n) is 0.428. The molecule has 0 aliphatic carbocycles. The molecule has 0 spiro atoms. The van der Waals surface area contributed by atoms with Crippen molar-refractivity contribution in [1.82, 2.24) is 0 Å². The first-order chi connectivity index (χ1) is 5.18. The molecule has 4 nitrogen and oxygen atoms in total. The van der Waals surface area contributed by atoms with Crippen LogP contribution < -0.4 is 0 Å². The highest BCUT2D eigenvalue weighted by atomic mass is 31.2. The van der Waals surface area contributed by atoms with Gasteiger partial charge in [0, 0.05) is 14.2 Å². The maximum absolute atomic E-state index is 11.2. The van der Waals surface area contributed by atoms with E-state index in [-0.39, 0.29) is 6.35 Å². The molecule has 66 valence electrons. The van der Waals surface area contributed by atoms with E-state index in [9.17, 15) is 4.57 Å². The van der Waals surface area contributed by atoms with Crippen LogP contribution in [-0.2, 0) is 18.3 Å². The molecule has 0 amide bonds. The van der Waals surface area contributed by atoms with Crippen LogP contribution in [0.15, 0.2) is 12.7 Å². The molecule has 0 heterocycles. The van der Waals surface area contributed by atoms with E-state index in [2.05, 4.69) is 15.6 Å². The Bertz CT molecular complexity index is 149. The highest BCUT2D eigenvalue weighted by Crippen LogP contribution is 2.45. The van der Waals surface area contributed by atoms with Gasteiger partial charge in [0.2, 0.25) is 0 Å². The average Bonchev–Trinajstić information content (AvgIpc) is 2.05. The summed E-state index contributed by atoms with van der Waals surface area (Å²) >= 11 is 0. The van der Waals surface area contributed by atoms with Crippen molar-refractivity contribution in [1.29, 1.82) is 0 Å². The van der Waals surface area contributed by atoms with Crippen molar-refractivity contribution in [2.75, 3.05) is 27.2 Å². The van der Waals surface area contributed by atoms with E-state index in [1.807, 2.05) is 0 Å². The van der Waals surface area contributed by atoms with Gasteiger partial charge in [-0.25, -0.2) is 0 Å². The first-order valence-corrected chi connectivity index (χ1v) is 4.80. The quantitative estimate of drug-likeness (QED) is 0.354. The van der Waals surface area contributed by atoms with Gasteiger partial charge in [0.25, 0.3) is 0 Å². The Balaban J connectivity index is 3.69. The zero-order valence-corrected chi connectivity index (χ0v) is 7.67. The molecule has 0 unspecified atom stereocenters. The van der Waals surface area contributed by atoms with Crippen LogP contribution in [0, 0.1) is 0 Å². The Hall–Kier alpha value is -0.150. The Morgan fingerprint density at radius 3 is 2.36 bits per heavy atom. The largest absolute Gasteiger partial charge is 0.365 e. The first-order valence-electron chi connectivity index (χ1n) is 3.07. The molecule has 0 saturated heterocycles. The van der Waals surface area contributed by atoms with Gasteiger partial charge >= 0.3 is 7.60 Å². The van der Waals surface area contributed by atoms with Crippen molar-refractivity contribution in [3.8, 4) is 0 Å². The SMILES string of the molecule is C=CCOCP(=O)(OC)OC. The third-order valence-electron chi connectivity index (χ3n) is 1.04. The molecule has 0 aliphatic heterocycles. The van der Waals surface area contributed by atoms with Crippen molar-refractivity contribution in [3.05, 3.63) is 12.7 Å². The summed E-state index contributed by atoms with van der Waals surface area (Å²) in [6, 6.07) is 0. The normalized spacial score (nSPS) is 11.5. The smallest absolute Gasteiger partial charge is 0.355 e. The van der Waals surface area contributed by atoms with Gasteiger partial charge in [0.05, 0.1) is 6.61 Å². The fraction of sp³-hybridized carbons (Fsp3) is 0.667. The van der Waals surface area contributed by atoms with Gasteiger partial charge in [0.1, 0.15) is 6.35 Å². The van der Waals surface area contributed by atoms with Crippen molar-refractivity contribution < 1.29 is 18.3 Å². The average molecular weight is 180 g/mol. The Morgan fingerprint density at radius 2 is 2.00 bits per heavy atom. The lowest BCUT2D eigenvalue weighted by Crippen LogP contribution is -1.99. The highest BCUT2D eigenvalue weighted by Gasteiger charge is 2.20. The van der Waals surface area contributed by atoms with Crippen molar-refractivity contribution in [2.24, 2.45) is 0 Å². The summed E-state index contributed by atoms with van der Waals surface area (Å²) in [6.45, 7) is 3.78. The van der Waals surface area contributed by atoms with Gasteiger partial charge in [-0.3, -0.25) is 4.57 Å². The van der Waals surface area contributed by atoms with Crippen LogP contribution in [-0.4, -0.2) is 27.2 Å². The summed E-state index contributed by atoms with van der Waals surface area (Å²) in [5.41, 5.74) is 0. The van der Waals surface area contributed by atoms with Crippen LogP contribution in [0.3, 0.4) is 0 Å². The van der Waals surface area contributed by atoms with Crippen LogP contribution in [0.2, 0.25) is 0 Å². The first kappa shape index (κ1) is 10.8. The van der Waals surface area contributed by atoms with E-state index in [4.69, 9.17) is 4.74 Å². The predicted octanol–water partition coefficient (Wildman–Crippen LogP) is 1.63. The van der Waals surface area contributed by atoms with Gasteiger partial charge in [0.15, 0.2) is 0 Å². The number of rotatable bonds is 6. The second kappa shape index (κ2) is 5.49. The zero-order valence-electron chi connectivity index (χ0n) is 6.78. The molecule has 0 aromatic rings. The van der Waals surface area contributed by atoms with Gasteiger partial charge in [-0.1, -0.05) is 6.08 Å². The van der Waals surface area contributed by atoms with Crippen molar-refractivity contribution in [2.45, 2.75) is 0 Å². The predicted molar refractivity (Wildman–Crippen MR) is 42.6 cm³/mol. The van der Waals surface area contributed by atoms with Crippen LogP contribution >= 0.6 is 7.60 Å². The monoisotopic (exact) mass is 180 g/mol. The second-order valence-corrected chi connectivity index (χ2v) is 3.97. The van der Waals surface area contributed by atoms with Crippen LogP contribution in [0.1, 0.15) is 0 Å². The van der Waals surface area contributed by atoms with E-state index in [1.54, 1.807) is 6.08 Å². The van der Waals surface area contributed by atoms with Gasteiger partial charge in [-0.15, -0.1) is 6.58 Å². The van der Waals surface area contributed by atoms with E-state index in [0.717, 1.165) is 0 Å². The molecule has 0 bridgehead atoms. The summed E-state index contributed by atoms with van der Waals surface area (Å²) < 4.78 is 25.3. The summed E-state index contributed by atoms with van der Waals surface area (Å²) in [5.74, 6) is 0. The Kier molecular flexibility index (Phi) is 5.42. The summed E-state index contributed by atoms with van der Waals surface area (Å²) in [7, 11) is -0.339. The van der Waals surface area contributed by atoms with Gasteiger partial charge in [-0.05, 0) is 0 Å². The lowest BCUT2D eigenvalue weighted by Gasteiger charge is -2.12. The minimum absolute atomic E-state index is 0.0357. The molecule has 0 aliphatic rings. The minimum atomic E-state index is -2.98. The molecule has 0 saturated carbocycles. The number of hydrogen-bond donors (Lipinski definition) is 0. The molecular formula is C6H13O4P. The fourth-order valence-corrected chi connectivity index (χ4v) is 1.12. The molecule has 0 fully saturated rings. The lowest BCUT2D eigenvalue weighted by molar-refractivity contribution is 0.168. The Labute approximate surface area is 66.7 Å². The minimum Gasteiger partial charge on any atom is -0.365 e. The zero-order chi connectivity index (χ0) is 8.74. The summed E-state index contributed by atoms with van der Waals surface area (Å²) in [5, 5.41) is 0. The molecule has 0 aromatic carbocycles. The van der Waals surface area contributed by atoms with E-state index in [1.165, 1.54) is 14.2 Å². The highest BCUT2D eigenvalue weighted by molar-refractivity contribution is 7.53. The topological polar surface area (TPSA) is 44.8 Å². The van der Waals surface area contributed by atoms with Gasteiger partial charge < -0.3 is 13.8 Å². The molecule has 0 N–H and O–H groups in total. The molecule has 11 heavy (non-hydrogen) atoms.